The molecular formula is C21H20N4O. The molecule has 2 aromatic carbocycles. The third-order valence-corrected chi connectivity index (χ3v) is 4.94. The topological polar surface area (TPSA) is 94.4 Å². The number of carbonyl (C=O) groups excluding carboxylic acids is 1. The number of nitrogens with zero attached hydrogens (tertiary/aromatic N) is 2. The number of hydrogen-bond donors (Lipinski definition) is 2. The minimum absolute atomic E-state index is 0.234. The van der Waals surface area contributed by atoms with Crippen LogP contribution in [0.3, 0.4) is 0 Å². The first-order valence-corrected chi connectivity index (χ1v) is 8.76. The lowest BCUT2D eigenvalue weighted by atomic mass is 9.78. The zero-order valence-electron chi connectivity index (χ0n) is 14.4. The summed E-state index contributed by atoms with van der Waals surface area (Å²) in [7, 11) is 0. The van der Waals surface area contributed by atoms with Crippen molar-refractivity contribution in [1.82, 2.24) is 4.98 Å². The van der Waals surface area contributed by atoms with E-state index in [-0.39, 0.29) is 5.96 Å². The van der Waals surface area contributed by atoms with Crippen LogP contribution in [0.1, 0.15) is 41.1 Å². The molecule has 0 radical (unpaired) electrons. The fourth-order valence-electron chi connectivity index (χ4n) is 3.48. The number of rotatable bonds is 3. The molecule has 1 saturated carbocycles. The third kappa shape index (κ3) is 2.92. The van der Waals surface area contributed by atoms with E-state index in [1.807, 2.05) is 42.5 Å². The van der Waals surface area contributed by atoms with E-state index in [4.69, 9.17) is 16.5 Å². The monoisotopic (exact) mass is 344 g/mol. The molecule has 1 aliphatic carbocycles. The number of carbonyl (C=O) groups is 1. The van der Waals surface area contributed by atoms with Crippen molar-refractivity contribution in [3.63, 3.8) is 0 Å². The molecule has 26 heavy (non-hydrogen) atoms. The highest BCUT2D eigenvalue weighted by Gasteiger charge is 2.25. The highest BCUT2D eigenvalue weighted by atomic mass is 16.1. The van der Waals surface area contributed by atoms with Gasteiger partial charge in [0.2, 0.25) is 0 Å². The van der Waals surface area contributed by atoms with E-state index in [2.05, 4.69) is 11.1 Å². The molecule has 0 unspecified atom stereocenters. The van der Waals surface area contributed by atoms with Crippen molar-refractivity contribution in [3.05, 3.63) is 65.7 Å². The average Bonchev–Trinajstić information content (AvgIpc) is 2.59. The minimum Gasteiger partial charge on any atom is -0.370 e. The Balaban J connectivity index is 1.98. The summed E-state index contributed by atoms with van der Waals surface area (Å²) in [6.07, 6.45) is 3.48. The Morgan fingerprint density at radius 1 is 1.04 bits per heavy atom. The van der Waals surface area contributed by atoms with Gasteiger partial charge in [-0.2, -0.15) is 4.99 Å². The summed E-state index contributed by atoms with van der Waals surface area (Å²) in [5.74, 6) is -0.197. The number of pyridine rings is 1. The largest absolute Gasteiger partial charge is 0.370 e. The molecule has 5 nitrogen and oxygen atoms in total. The second-order valence-electron chi connectivity index (χ2n) is 6.63. The van der Waals surface area contributed by atoms with E-state index in [0.717, 1.165) is 40.6 Å². The van der Waals surface area contributed by atoms with Crippen LogP contribution < -0.4 is 11.5 Å². The maximum absolute atomic E-state index is 12.8. The highest BCUT2D eigenvalue weighted by molar-refractivity contribution is 6.11. The summed E-state index contributed by atoms with van der Waals surface area (Å²) >= 11 is 0. The van der Waals surface area contributed by atoms with Gasteiger partial charge in [-0.1, -0.05) is 48.9 Å². The van der Waals surface area contributed by atoms with Gasteiger partial charge >= 0.3 is 0 Å². The fraction of sp³-hybridized carbons (Fsp3) is 0.190. The second kappa shape index (κ2) is 6.59. The van der Waals surface area contributed by atoms with Crippen molar-refractivity contribution < 1.29 is 4.79 Å². The Hall–Kier alpha value is -3.21. The first-order valence-electron chi connectivity index (χ1n) is 8.76. The van der Waals surface area contributed by atoms with Crippen LogP contribution in [0.5, 0.6) is 0 Å². The van der Waals surface area contributed by atoms with Crippen LogP contribution in [0.25, 0.3) is 22.2 Å². The summed E-state index contributed by atoms with van der Waals surface area (Å²) < 4.78 is 0. The van der Waals surface area contributed by atoms with Gasteiger partial charge in [-0.25, -0.2) is 4.98 Å². The van der Waals surface area contributed by atoms with Crippen LogP contribution in [0.2, 0.25) is 0 Å². The van der Waals surface area contributed by atoms with Gasteiger partial charge < -0.3 is 11.5 Å². The molecule has 1 fully saturated rings. The molecule has 4 N–H and O–H groups in total. The summed E-state index contributed by atoms with van der Waals surface area (Å²) in [6, 6.07) is 17.6. The van der Waals surface area contributed by atoms with Crippen LogP contribution in [-0.2, 0) is 0 Å². The van der Waals surface area contributed by atoms with E-state index in [9.17, 15) is 4.79 Å². The Bertz CT molecular complexity index is 1000. The predicted molar refractivity (Wildman–Crippen MR) is 104 cm³/mol. The molecule has 0 bridgehead atoms. The second-order valence-corrected chi connectivity index (χ2v) is 6.63. The first kappa shape index (κ1) is 16.3. The van der Waals surface area contributed by atoms with Crippen LogP contribution in [0.4, 0.5) is 0 Å². The molecule has 0 atom stereocenters. The van der Waals surface area contributed by atoms with Gasteiger partial charge in [0.1, 0.15) is 0 Å². The third-order valence-electron chi connectivity index (χ3n) is 4.94. The lowest BCUT2D eigenvalue weighted by Gasteiger charge is -2.27. The van der Waals surface area contributed by atoms with Crippen molar-refractivity contribution in [1.29, 1.82) is 0 Å². The molecule has 130 valence electrons. The van der Waals surface area contributed by atoms with Gasteiger partial charge in [-0.15, -0.1) is 0 Å². The Morgan fingerprint density at radius 3 is 2.46 bits per heavy atom. The quantitative estimate of drug-likeness (QED) is 0.561. The number of guanidine groups is 1. The average molecular weight is 344 g/mol. The van der Waals surface area contributed by atoms with Gasteiger partial charge in [0, 0.05) is 10.9 Å². The molecule has 0 aliphatic heterocycles. The van der Waals surface area contributed by atoms with Crippen LogP contribution >= 0.6 is 0 Å². The summed E-state index contributed by atoms with van der Waals surface area (Å²) in [5.41, 5.74) is 15.0. The number of fused-ring (bicyclic) bond motifs is 1. The maximum Gasteiger partial charge on any atom is 0.280 e. The summed E-state index contributed by atoms with van der Waals surface area (Å²) in [5, 5.41) is 0.867. The molecule has 0 saturated heterocycles. The molecule has 5 heteroatoms. The molecule has 1 heterocycles. The zero-order valence-corrected chi connectivity index (χ0v) is 14.4. The fourth-order valence-corrected chi connectivity index (χ4v) is 3.48. The number of aliphatic imine (C=N–C) groups is 1. The number of amides is 1. The van der Waals surface area contributed by atoms with E-state index >= 15 is 0 Å². The molecule has 4 rings (SSSR count). The zero-order chi connectivity index (χ0) is 18.1. The van der Waals surface area contributed by atoms with Crippen LogP contribution in [-0.4, -0.2) is 16.9 Å². The summed E-state index contributed by atoms with van der Waals surface area (Å²) in [6.45, 7) is 0. The van der Waals surface area contributed by atoms with Gasteiger partial charge in [-0.3, -0.25) is 4.79 Å². The van der Waals surface area contributed by atoms with Crippen LogP contribution in [0.15, 0.2) is 59.6 Å². The maximum atomic E-state index is 12.8. The van der Waals surface area contributed by atoms with Crippen molar-refractivity contribution >= 4 is 22.8 Å². The number of benzene rings is 2. The minimum atomic E-state index is -0.429. The van der Waals surface area contributed by atoms with E-state index in [1.165, 1.54) is 6.42 Å². The number of nitrogens with two attached hydrogens (primary N) is 2. The smallest absolute Gasteiger partial charge is 0.280 e. The van der Waals surface area contributed by atoms with Crippen LogP contribution in [0, 0.1) is 0 Å². The van der Waals surface area contributed by atoms with Gasteiger partial charge in [0.15, 0.2) is 5.96 Å². The first-order chi connectivity index (χ1) is 12.6. The normalized spacial score (nSPS) is 14.0. The highest BCUT2D eigenvalue weighted by Crippen LogP contribution is 2.41. The predicted octanol–water partition coefficient (Wildman–Crippen LogP) is 3.58. The SMILES string of the molecule is NC(N)=NC(=O)c1cc(-c2ccccc2)nc2cccc(C3CCC3)c12. The van der Waals surface area contributed by atoms with Gasteiger partial charge in [0.05, 0.1) is 16.8 Å². The Labute approximate surface area is 151 Å². The summed E-state index contributed by atoms with van der Waals surface area (Å²) in [4.78, 5) is 21.3. The molecular weight excluding hydrogens is 324 g/mol. The van der Waals surface area contributed by atoms with Gasteiger partial charge in [-0.05, 0) is 36.5 Å². The van der Waals surface area contributed by atoms with Crippen molar-refractivity contribution in [2.45, 2.75) is 25.2 Å². The standard InChI is InChI=1S/C21H20N4O/c22-21(23)25-20(26)16-12-18(14-6-2-1-3-7-14)24-17-11-5-10-15(19(16)17)13-8-4-9-13/h1-3,5-7,10-13H,4,8-9H2,(H4,22,23,25,26). The Kier molecular flexibility index (Phi) is 4.13. The van der Waals surface area contributed by atoms with Crippen molar-refractivity contribution in [3.8, 4) is 11.3 Å². The molecule has 1 aromatic heterocycles. The lowest BCUT2D eigenvalue weighted by Crippen LogP contribution is -2.24. The Morgan fingerprint density at radius 2 is 1.81 bits per heavy atom. The van der Waals surface area contributed by atoms with Crippen molar-refractivity contribution in [2.24, 2.45) is 16.5 Å². The lowest BCUT2D eigenvalue weighted by molar-refractivity contribution is 0.100. The van der Waals surface area contributed by atoms with Crippen molar-refractivity contribution in [2.75, 3.05) is 0 Å². The molecule has 3 aromatic rings. The van der Waals surface area contributed by atoms with E-state index in [1.54, 1.807) is 6.07 Å². The molecule has 0 spiro atoms. The van der Waals surface area contributed by atoms with E-state index in [0.29, 0.717) is 11.5 Å². The van der Waals surface area contributed by atoms with E-state index < -0.39 is 5.91 Å². The number of aromatic nitrogens is 1. The molecule has 1 amide bonds. The van der Waals surface area contributed by atoms with Gasteiger partial charge in [0.25, 0.3) is 5.91 Å². The molecule has 1 aliphatic rings. The number of hydrogen-bond acceptors (Lipinski definition) is 2.